The van der Waals surface area contributed by atoms with Crippen LogP contribution in [0.15, 0.2) is 53.7 Å². The molecule has 1 aromatic heterocycles. The molecule has 0 aliphatic carbocycles. The van der Waals surface area contributed by atoms with Crippen molar-refractivity contribution in [3.8, 4) is 22.9 Å². The van der Waals surface area contributed by atoms with Crippen molar-refractivity contribution in [3.63, 3.8) is 0 Å². The van der Waals surface area contributed by atoms with E-state index >= 15 is 0 Å². The van der Waals surface area contributed by atoms with E-state index in [-0.39, 0.29) is 11.2 Å². The van der Waals surface area contributed by atoms with Crippen molar-refractivity contribution >= 4 is 23.4 Å². The smallest absolute Gasteiger partial charge is 0.237 e. The number of benzene rings is 2. The molecule has 0 bridgehead atoms. The number of thioether (sulfide) groups is 1. The maximum Gasteiger partial charge on any atom is 0.237 e. The first-order valence-electron chi connectivity index (χ1n) is 8.94. The number of hydrogen-bond acceptors (Lipinski definition) is 6. The van der Waals surface area contributed by atoms with Gasteiger partial charge in [0.2, 0.25) is 5.91 Å². The van der Waals surface area contributed by atoms with Crippen molar-refractivity contribution in [2.75, 3.05) is 18.5 Å². The molecule has 8 heteroatoms. The van der Waals surface area contributed by atoms with Crippen LogP contribution in [-0.2, 0) is 11.8 Å². The second-order valence-corrected chi connectivity index (χ2v) is 7.65. The number of nitrogens with zero attached hydrogens (tertiary/aromatic N) is 3. The zero-order valence-electron chi connectivity index (χ0n) is 15.6. The molecule has 0 radical (unpaired) electrons. The SMILES string of the molecule is C[C@@H](Sc1nnc(-c2ccccc2)n1C)C(=O)Nc1ccc2c(c1)OCCO2. The van der Waals surface area contributed by atoms with Gasteiger partial charge < -0.3 is 19.4 Å². The Morgan fingerprint density at radius 2 is 1.86 bits per heavy atom. The summed E-state index contributed by atoms with van der Waals surface area (Å²) in [7, 11) is 1.90. The van der Waals surface area contributed by atoms with Crippen molar-refractivity contribution < 1.29 is 14.3 Å². The molecule has 1 N–H and O–H groups in total. The highest BCUT2D eigenvalue weighted by atomic mass is 32.2. The predicted molar refractivity (Wildman–Crippen MR) is 108 cm³/mol. The Morgan fingerprint density at radius 3 is 2.64 bits per heavy atom. The lowest BCUT2D eigenvalue weighted by atomic mass is 10.2. The van der Waals surface area contributed by atoms with Gasteiger partial charge in [0, 0.05) is 24.4 Å². The molecule has 1 amide bonds. The maximum atomic E-state index is 12.6. The van der Waals surface area contributed by atoms with Gasteiger partial charge in [-0.2, -0.15) is 0 Å². The van der Waals surface area contributed by atoms with Crippen molar-refractivity contribution in [2.24, 2.45) is 7.05 Å². The predicted octanol–water partition coefficient (Wildman–Crippen LogP) is 3.37. The summed E-state index contributed by atoms with van der Waals surface area (Å²) in [5.41, 5.74) is 1.65. The lowest BCUT2D eigenvalue weighted by molar-refractivity contribution is -0.115. The number of ether oxygens (including phenoxy) is 2. The molecule has 3 aromatic rings. The van der Waals surface area contributed by atoms with E-state index < -0.39 is 0 Å². The number of carbonyl (C=O) groups is 1. The number of fused-ring (bicyclic) bond motifs is 1. The number of carbonyl (C=O) groups excluding carboxylic acids is 1. The number of hydrogen-bond donors (Lipinski definition) is 1. The van der Waals surface area contributed by atoms with Gasteiger partial charge in [-0.1, -0.05) is 42.1 Å². The van der Waals surface area contributed by atoms with Crippen LogP contribution in [-0.4, -0.2) is 39.1 Å². The average Bonchev–Trinajstić information content (AvgIpc) is 3.08. The summed E-state index contributed by atoms with van der Waals surface area (Å²) >= 11 is 1.36. The van der Waals surface area contributed by atoms with E-state index in [0.717, 1.165) is 11.4 Å². The molecule has 1 aliphatic heterocycles. The van der Waals surface area contributed by atoms with Gasteiger partial charge in [-0.25, -0.2) is 0 Å². The first-order valence-corrected chi connectivity index (χ1v) is 9.82. The van der Waals surface area contributed by atoms with E-state index in [1.807, 2.05) is 48.9 Å². The van der Waals surface area contributed by atoms with Crippen molar-refractivity contribution in [1.29, 1.82) is 0 Å². The van der Waals surface area contributed by atoms with Gasteiger partial charge in [0.15, 0.2) is 22.5 Å². The Kier molecular flexibility index (Phi) is 5.21. The van der Waals surface area contributed by atoms with E-state index in [9.17, 15) is 4.79 Å². The highest BCUT2D eigenvalue weighted by Crippen LogP contribution is 2.33. The monoisotopic (exact) mass is 396 g/mol. The summed E-state index contributed by atoms with van der Waals surface area (Å²) in [6.07, 6.45) is 0. The molecular formula is C20H20N4O3S. The molecule has 144 valence electrons. The van der Waals surface area contributed by atoms with Crippen molar-refractivity contribution in [2.45, 2.75) is 17.3 Å². The highest BCUT2D eigenvalue weighted by Gasteiger charge is 2.20. The molecule has 28 heavy (non-hydrogen) atoms. The zero-order chi connectivity index (χ0) is 19.5. The summed E-state index contributed by atoms with van der Waals surface area (Å²) in [5, 5.41) is 11.8. The second kappa shape index (κ2) is 7.93. The van der Waals surface area contributed by atoms with Crippen LogP contribution in [0.2, 0.25) is 0 Å². The molecule has 0 saturated heterocycles. The van der Waals surface area contributed by atoms with Gasteiger partial charge in [0.25, 0.3) is 0 Å². The standard InChI is InChI=1S/C20H20N4O3S/c1-13(19(25)21-15-8-9-16-17(12-15)27-11-10-26-16)28-20-23-22-18(24(20)2)14-6-4-3-5-7-14/h3-9,12-13H,10-11H2,1-2H3,(H,21,25)/t13-/m1/s1. The van der Waals surface area contributed by atoms with Gasteiger partial charge in [-0.05, 0) is 19.1 Å². The molecule has 0 fully saturated rings. The first kappa shape index (κ1) is 18.4. The fourth-order valence-corrected chi connectivity index (χ4v) is 3.65. The van der Waals surface area contributed by atoms with Crippen LogP contribution in [0.25, 0.3) is 11.4 Å². The van der Waals surface area contributed by atoms with E-state index in [1.165, 1.54) is 11.8 Å². The Bertz CT molecular complexity index is 990. The molecule has 0 spiro atoms. The largest absolute Gasteiger partial charge is 0.486 e. The number of nitrogens with one attached hydrogen (secondary N) is 1. The fraction of sp³-hybridized carbons (Fsp3) is 0.250. The van der Waals surface area contributed by atoms with Gasteiger partial charge in [-0.15, -0.1) is 10.2 Å². The minimum Gasteiger partial charge on any atom is -0.486 e. The number of aromatic nitrogens is 3. The van der Waals surface area contributed by atoms with Crippen LogP contribution >= 0.6 is 11.8 Å². The third-order valence-electron chi connectivity index (χ3n) is 4.33. The molecular weight excluding hydrogens is 376 g/mol. The Hall–Kier alpha value is -3.00. The van der Waals surface area contributed by atoms with E-state index in [4.69, 9.17) is 9.47 Å². The van der Waals surface area contributed by atoms with Crippen LogP contribution in [0.3, 0.4) is 0 Å². The number of anilines is 1. The lowest BCUT2D eigenvalue weighted by Crippen LogP contribution is -2.23. The number of amides is 1. The van der Waals surface area contributed by atoms with E-state index in [1.54, 1.807) is 18.2 Å². The normalized spacial score (nSPS) is 13.8. The summed E-state index contributed by atoms with van der Waals surface area (Å²) in [6, 6.07) is 15.2. The molecule has 0 unspecified atom stereocenters. The highest BCUT2D eigenvalue weighted by molar-refractivity contribution is 8.00. The fourth-order valence-electron chi connectivity index (χ4n) is 2.83. The second-order valence-electron chi connectivity index (χ2n) is 6.34. The zero-order valence-corrected chi connectivity index (χ0v) is 16.4. The van der Waals surface area contributed by atoms with Gasteiger partial charge in [0.1, 0.15) is 13.2 Å². The third kappa shape index (κ3) is 3.82. The summed E-state index contributed by atoms with van der Waals surface area (Å²) in [6.45, 7) is 2.89. The van der Waals surface area contributed by atoms with Crippen LogP contribution in [0.4, 0.5) is 5.69 Å². The van der Waals surface area contributed by atoms with Gasteiger partial charge >= 0.3 is 0 Å². The van der Waals surface area contributed by atoms with Crippen molar-refractivity contribution in [1.82, 2.24) is 14.8 Å². The summed E-state index contributed by atoms with van der Waals surface area (Å²) < 4.78 is 13.0. The van der Waals surface area contributed by atoms with E-state index in [2.05, 4.69) is 15.5 Å². The molecule has 0 saturated carbocycles. The van der Waals surface area contributed by atoms with Crippen LogP contribution in [0.1, 0.15) is 6.92 Å². The maximum absolute atomic E-state index is 12.6. The molecule has 1 atom stereocenters. The van der Waals surface area contributed by atoms with Gasteiger partial charge in [0.05, 0.1) is 5.25 Å². The molecule has 2 aromatic carbocycles. The molecule has 7 nitrogen and oxygen atoms in total. The Balaban J connectivity index is 1.43. The summed E-state index contributed by atoms with van der Waals surface area (Å²) in [4.78, 5) is 12.6. The topological polar surface area (TPSA) is 78.3 Å². The van der Waals surface area contributed by atoms with Crippen LogP contribution in [0, 0.1) is 0 Å². The molecule has 1 aliphatic rings. The van der Waals surface area contributed by atoms with Crippen molar-refractivity contribution in [3.05, 3.63) is 48.5 Å². The van der Waals surface area contributed by atoms with Crippen LogP contribution < -0.4 is 14.8 Å². The molecule has 2 heterocycles. The Labute approximate surface area is 167 Å². The quantitative estimate of drug-likeness (QED) is 0.666. The summed E-state index contributed by atoms with van der Waals surface area (Å²) in [5.74, 6) is 1.98. The lowest BCUT2D eigenvalue weighted by Gasteiger charge is -2.19. The minimum atomic E-state index is -0.347. The average molecular weight is 396 g/mol. The van der Waals surface area contributed by atoms with Crippen LogP contribution in [0.5, 0.6) is 11.5 Å². The Morgan fingerprint density at radius 1 is 1.11 bits per heavy atom. The first-order chi connectivity index (χ1) is 13.6. The van der Waals surface area contributed by atoms with Gasteiger partial charge in [-0.3, -0.25) is 4.79 Å². The minimum absolute atomic E-state index is 0.120. The molecule has 4 rings (SSSR count). The number of rotatable bonds is 5. The third-order valence-corrected chi connectivity index (χ3v) is 5.46. The van der Waals surface area contributed by atoms with E-state index in [0.29, 0.717) is 35.6 Å².